The van der Waals surface area contributed by atoms with Crippen molar-refractivity contribution in [1.82, 2.24) is 0 Å². The summed E-state index contributed by atoms with van der Waals surface area (Å²) in [5, 5.41) is 15.1. The fourth-order valence-corrected chi connectivity index (χ4v) is 2.28. The molecule has 1 aromatic carbocycles. The minimum absolute atomic E-state index is 0.172. The zero-order valence-corrected chi connectivity index (χ0v) is 11.4. The summed E-state index contributed by atoms with van der Waals surface area (Å²) in [5.41, 5.74) is 1.41. The number of carbonyl (C=O) groups excluding carboxylic acids is 1. The first kappa shape index (κ1) is 14.1. The van der Waals surface area contributed by atoms with Gasteiger partial charge in [0.15, 0.2) is 6.61 Å². The lowest BCUT2D eigenvalue weighted by Crippen LogP contribution is -2.16. The predicted octanol–water partition coefficient (Wildman–Crippen LogP) is 2.39. The molecule has 20 heavy (non-hydrogen) atoms. The number of nitrogens with one attached hydrogen (secondary N) is 1. The smallest absolute Gasteiger partial charge is 0.341 e. The van der Waals surface area contributed by atoms with Gasteiger partial charge in [0.25, 0.3) is 0 Å². The van der Waals surface area contributed by atoms with Crippen molar-refractivity contribution in [3.63, 3.8) is 0 Å². The van der Waals surface area contributed by atoms with Crippen molar-refractivity contribution in [2.75, 3.05) is 11.9 Å². The molecule has 0 spiro atoms. The van der Waals surface area contributed by atoms with Gasteiger partial charge in [0.2, 0.25) is 5.91 Å². The average Bonchev–Trinajstić information content (AvgIpc) is 2.90. The Balaban J connectivity index is 2.01. The number of benzene rings is 1. The molecule has 2 rings (SSSR count). The molecular formula is C14H13NO4S. The monoisotopic (exact) mass is 291 g/mol. The zero-order valence-electron chi connectivity index (χ0n) is 10.5. The van der Waals surface area contributed by atoms with E-state index in [4.69, 9.17) is 9.84 Å². The second kappa shape index (κ2) is 6.72. The van der Waals surface area contributed by atoms with Gasteiger partial charge in [-0.15, -0.1) is 0 Å². The van der Waals surface area contributed by atoms with Crippen molar-refractivity contribution in [3.8, 4) is 5.75 Å². The average molecular weight is 291 g/mol. The van der Waals surface area contributed by atoms with E-state index in [2.05, 4.69) is 5.32 Å². The maximum absolute atomic E-state index is 11.9. The predicted molar refractivity (Wildman–Crippen MR) is 76.2 cm³/mol. The van der Waals surface area contributed by atoms with Gasteiger partial charge in [0.1, 0.15) is 5.75 Å². The molecule has 0 atom stereocenters. The molecule has 2 aromatic rings. The van der Waals surface area contributed by atoms with Gasteiger partial charge in [-0.1, -0.05) is 12.1 Å². The van der Waals surface area contributed by atoms with Crippen molar-refractivity contribution < 1.29 is 19.4 Å². The van der Waals surface area contributed by atoms with Gasteiger partial charge < -0.3 is 15.2 Å². The Labute approximate surface area is 119 Å². The van der Waals surface area contributed by atoms with Gasteiger partial charge in [0, 0.05) is 0 Å². The number of ether oxygens (including phenoxy) is 1. The van der Waals surface area contributed by atoms with E-state index in [0.29, 0.717) is 11.4 Å². The van der Waals surface area contributed by atoms with Crippen LogP contribution >= 0.6 is 11.3 Å². The molecule has 0 fully saturated rings. The number of aliphatic carboxylic acids is 1. The van der Waals surface area contributed by atoms with Crippen LogP contribution in [0.15, 0.2) is 41.1 Å². The summed E-state index contributed by atoms with van der Waals surface area (Å²) in [6.45, 7) is -0.447. The Morgan fingerprint density at radius 2 is 2.05 bits per heavy atom. The molecule has 6 heteroatoms. The first-order valence-electron chi connectivity index (χ1n) is 5.89. The van der Waals surface area contributed by atoms with Crippen LogP contribution in [0.4, 0.5) is 5.69 Å². The second-order valence-electron chi connectivity index (χ2n) is 4.04. The summed E-state index contributed by atoms with van der Waals surface area (Å²) in [6.07, 6.45) is 0.275. The van der Waals surface area contributed by atoms with Crippen LogP contribution in [0.3, 0.4) is 0 Å². The number of carbonyl (C=O) groups is 2. The second-order valence-corrected chi connectivity index (χ2v) is 4.82. The van der Waals surface area contributed by atoms with E-state index >= 15 is 0 Å². The maximum Gasteiger partial charge on any atom is 0.341 e. The molecule has 0 unspecified atom stereocenters. The van der Waals surface area contributed by atoms with Crippen LogP contribution < -0.4 is 10.1 Å². The highest BCUT2D eigenvalue weighted by atomic mass is 32.1. The molecule has 0 saturated carbocycles. The van der Waals surface area contributed by atoms with E-state index in [1.54, 1.807) is 24.3 Å². The number of thiophene rings is 1. The molecule has 104 valence electrons. The number of anilines is 1. The lowest BCUT2D eigenvalue weighted by Gasteiger charge is -2.10. The van der Waals surface area contributed by atoms with Crippen LogP contribution in [-0.4, -0.2) is 23.6 Å². The van der Waals surface area contributed by atoms with Crippen LogP contribution in [0.2, 0.25) is 0 Å². The minimum Gasteiger partial charge on any atom is -0.480 e. The van der Waals surface area contributed by atoms with Gasteiger partial charge >= 0.3 is 5.97 Å². The molecular weight excluding hydrogens is 278 g/mol. The molecule has 1 amide bonds. The third-order valence-electron chi connectivity index (χ3n) is 2.46. The lowest BCUT2D eigenvalue weighted by molar-refractivity contribution is -0.139. The SMILES string of the molecule is O=C(O)COc1ccccc1NC(=O)Cc1ccsc1. The highest BCUT2D eigenvalue weighted by Crippen LogP contribution is 2.24. The zero-order chi connectivity index (χ0) is 14.4. The van der Waals surface area contributed by atoms with Crippen LogP contribution in [-0.2, 0) is 16.0 Å². The maximum atomic E-state index is 11.9. The third kappa shape index (κ3) is 4.10. The van der Waals surface area contributed by atoms with Crippen molar-refractivity contribution in [2.45, 2.75) is 6.42 Å². The van der Waals surface area contributed by atoms with E-state index in [9.17, 15) is 9.59 Å². The Morgan fingerprint density at radius 3 is 2.75 bits per heavy atom. The Kier molecular flexibility index (Phi) is 4.73. The lowest BCUT2D eigenvalue weighted by atomic mass is 10.2. The summed E-state index contributed by atoms with van der Waals surface area (Å²) in [4.78, 5) is 22.4. The largest absolute Gasteiger partial charge is 0.480 e. The fraction of sp³-hybridized carbons (Fsp3) is 0.143. The number of carboxylic acids is 1. The van der Waals surface area contributed by atoms with Gasteiger partial charge in [-0.2, -0.15) is 11.3 Å². The van der Waals surface area contributed by atoms with E-state index in [-0.39, 0.29) is 12.3 Å². The Hall–Kier alpha value is -2.34. The molecule has 1 heterocycles. The highest BCUT2D eigenvalue weighted by Gasteiger charge is 2.09. The topological polar surface area (TPSA) is 75.6 Å². The van der Waals surface area contributed by atoms with Gasteiger partial charge in [-0.25, -0.2) is 4.79 Å². The standard InChI is InChI=1S/C14H13NO4S/c16-13(7-10-5-6-20-9-10)15-11-3-1-2-4-12(11)19-8-14(17)18/h1-6,9H,7-8H2,(H,15,16)(H,17,18). The number of carboxylic acid groups (broad SMARTS) is 1. The van der Waals surface area contributed by atoms with E-state index in [1.165, 1.54) is 11.3 Å². The molecule has 0 radical (unpaired) electrons. The van der Waals surface area contributed by atoms with Crippen LogP contribution in [0.5, 0.6) is 5.75 Å². The summed E-state index contributed by atoms with van der Waals surface area (Å²) >= 11 is 1.53. The van der Waals surface area contributed by atoms with E-state index < -0.39 is 12.6 Å². The molecule has 0 saturated heterocycles. The van der Waals surface area contributed by atoms with Crippen LogP contribution in [0.1, 0.15) is 5.56 Å². The number of hydrogen-bond donors (Lipinski definition) is 2. The Bertz CT molecular complexity index is 595. The summed E-state index contributed by atoms with van der Waals surface area (Å²) in [5.74, 6) is -0.896. The number of hydrogen-bond acceptors (Lipinski definition) is 4. The molecule has 5 nitrogen and oxygen atoms in total. The first-order chi connectivity index (χ1) is 9.65. The Morgan fingerprint density at radius 1 is 1.25 bits per heavy atom. The molecule has 0 aliphatic rings. The summed E-state index contributed by atoms with van der Waals surface area (Å²) < 4.78 is 5.12. The molecule has 0 aliphatic heterocycles. The molecule has 0 aliphatic carbocycles. The number of amides is 1. The summed E-state index contributed by atoms with van der Waals surface area (Å²) in [7, 11) is 0. The van der Waals surface area contributed by atoms with Gasteiger partial charge in [0.05, 0.1) is 12.1 Å². The van der Waals surface area contributed by atoms with Gasteiger partial charge in [-0.05, 0) is 34.5 Å². The highest BCUT2D eigenvalue weighted by molar-refractivity contribution is 7.08. The van der Waals surface area contributed by atoms with Crippen LogP contribution in [0, 0.1) is 0 Å². The molecule has 0 bridgehead atoms. The summed E-state index contributed by atoms with van der Waals surface area (Å²) in [6, 6.07) is 8.63. The molecule has 1 aromatic heterocycles. The van der Waals surface area contributed by atoms with Crippen molar-refractivity contribution in [2.24, 2.45) is 0 Å². The molecule has 2 N–H and O–H groups in total. The normalized spacial score (nSPS) is 10.0. The first-order valence-corrected chi connectivity index (χ1v) is 6.84. The van der Waals surface area contributed by atoms with Crippen molar-refractivity contribution >= 4 is 28.9 Å². The van der Waals surface area contributed by atoms with Gasteiger partial charge in [-0.3, -0.25) is 4.79 Å². The third-order valence-corrected chi connectivity index (χ3v) is 3.19. The quantitative estimate of drug-likeness (QED) is 0.857. The minimum atomic E-state index is -1.07. The van der Waals surface area contributed by atoms with E-state index in [1.807, 2.05) is 16.8 Å². The van der Waals surface area contributed by atoms with E-state index in [0.717, 1.165) is 5.56 Å². The number of para-hydroxylation sites is 2. The number of rotatable bonds is 6. The fourth-order valence-electron chi connectivity index (χ4n) is 1.61. The van der Waals surface area contributed by atoms with Crippen molar-refractivity contribution in [1.29, 1.82) is 0 Å². The van der Waals surface area contributed by atoms with Crippen LogP contribution in [0.25, 0.3) is 0 Å². The van der Waals surface area contributed by atoms with Crippen molar-refractivity contribution in [3.05, 3.63) is 46.7 Å².